The number of nitrogens with two attached hydrogens (primary N) is 1. The molecule has 34 heavy (non-hydrogen) atoms. The number of aryl methyl sites for hydroxylation is 2. The van der Waals surface area contributed by atoms with Crippen LogP contribution in [0.3, 0.4) is 0 Å². The summed E-state index contributed by atoms with van der Waals surface area (Å²) in [4.78, 5) is 19.3. The number of fused-ring (bicyclic) bond motifs is 3. The molecule has 0 atom stereocenters. The van der Waals surface area contributed by atoms with Crippen molar-refractivity contribution in [1.29, 1.82) is 0 Å². The summed E-state index contributed by atoms with van der Waals surface area (Å²) in [6.07, 6.45) is 8.55. The molecular formula is C28H43N4O2+. The summed E-state index contributed by atoms with van der Waals surface area (Å²) in [6.45, 7) is 7.18. The molecule has 3 N–H and O–H groups in total. The van der Waals surface area contributed by atoms with Gasteiger partial charge in [0.05, 0.1) is 44.9 Å². The van der Waals surface area contributed by atoms with Gasteiger partial charge in [0.25, 0.3) is 0 Å². The Hall–Kier alpha value is -2.44. The Morgan fingerprint density at radius 1 is 1.03 bits per heavy atom. The maximum absolute atomic E-state index is 11.0. The lowest BCUT2D eigenvalue weighted by atomic mass is 10.0. The van der Waals surface area contributed by atoms with Gasteiger partial charge in [-0.25, -0.2) is 4.98 Å². The lowest BCUT2D eigenvalue weighted by molar-refractivity contribution is -0.891. The van der Waals surface area contributed by atoms with Crippen molar-refractivity contribution < 1.29 is 14.0 Å². The Kier molecular flexibility index (Phi) is 9.48. The second kappa shape index (κ2) is 12.3. The summed E-state index contributed by atoms with van der Waals surface area (Å²) in [5.41, 5.74) is 11.0. The molecule has 186 valence electrons. The van der Waals surface area contributed by atoms with Gasteiger partial charge in [-0.1, -0.05) is 25.5 Å². The maximum Gasteiger partial charge on any atom is 0.133 e. The Labute approximate surface area is 204 Å². The Bertz CT molecular complexity index is 1090. The van der Waals surface area contributed by atoms with Crippen LogP contribution in [0.2, 0.25) is 0 Å². The third-order valence-corrected chi connectivity index (χ3v) is 6.69. The van der Waals surface area contributed by atoms with Crippen LogP contribution in [0, 0.1) is 0 Å². The monoisotopic (exact) mass is 467 g/mol. The number of ketones is 1. The highest BCUT2D eigenvalue weighted by molar-refractivity contribution is 6.08. The van der Waals surface area contributed by atoms with Gasteiger partial charge in [0, 0.05) is 22.9 Å². The van der Waals surface area contributed by atoms with E-state index in [1.54, 1.807) is 6.92 Å². The van der Waals surface area contributed by atoms with Crippen molar-refractivity contribution in [3.8, 4) is 0 Å². The van der Waals surface area contributed by atoms with Crippen LogP contribution >= 0.6 is 0 Å². The zero-order valence-corrected chi connectivity index (χ0v) is 21.6. The number of nitrogens with zero attached hydrogens (tertiary/aromatic N) is 2. The number of H-pyrrole nitrogens is 1. The minimum atomic E-state index is 0.188. The van der Waals surface area contributed by atoms with Crippen LogP contribution in [0.4, 0.5) is 5.82 Å². The fraction of sp³-hybridized carbons (Fsp3) is 0.571. The van der Waals surface area contributed by atoms with Crippen molar-refractivity contribution in [2.45, 2.75) is 65.2 Å². The summed E-state index contributed by atoms with van der Waals surface area (Å²) in [7, 11) is 4.51. The van der Waals surface area contributed by atoms with E-state index in [-0.39, 0.29) is 5.78 Å². The zero-order valence-electron chi connectivity index (χ0n) is 21.6. The molecule has 2 heterocycles. The number of benzene rings is 1. The largest absolute Gasteiger partial charge is 0.383 e. The highest BCUT2D eigenvalue weighted by Gasteiger charge is 2.14. The first kappa shape index (κ1) is 26.2. The number of carbonyl (C=O) groups excluding carboxylic acids is 1. The lowest BCUT2D eigenvalue weighted by Crippen LogP contribution is -2.43. The number of aromatic nitrogens is 2. The van der Waals surface area contributed by atoms with Crippen LogP contribution in [0.1, 0.15) is 63.6 Å². The average Bonchev–Trinajstić information content (AvgIpc) is 3.22. The van der Waals surface area contributed by atoms with Crippen molar-refractivity contribution in [2.24, 2.45) is 0 Å². The van der Waals surface area contributed by atoms with E-state index < -0.39 is 0 Å². The summed E-state index contributed by atoms with van der Waals surface area (Å²) < 4.78 is 6.55. The van der Waals surface area contributed by atoms with Gasteiger partial charge in [-0.05, 0) is 63.1 Å². The fourth-order valence-electron chi connectivity index (χ4n) is 4.44. The number of carbonyl (C=O) groups is 1. The molecule has 0 radical (unpaired) electrons. The second-order valence-electron chi connectivity index (χ2n) is 10.3. The van der Waals surface area contributed by atoms with Crippen molar-refractivity contribution in [3.63, 3.8) is 0 Å². The smallest absolute Gasteiger partial charge is 0.133 e. The third-order valence-electron chi connectivity index (χ3n) is 6.69. The molecular weight excluding hydrogens is 424 g/mol. The van der Waals surface area contributed by atoms with E-state index in [1.165, 1.54) is 43.4 Å². The highest BCUT2D eigenvalue weighted by atomic mass is 16.5. The van der Waals surface area contributed by atoms with Gasteiger partial charge in [-0.15, -0.1) is 0 Å². The molecule has 0 aliphatic carbocycles. The number of nitrogens with one attached hydrogen (secondary N) is 1. The second-order valence-corrected chi connectivity index (χ2v) is 10.3. The van der Waals surface area contributed by atoms with Crippen LogP contribution in [0.5, 0.6) is 0 Å². The zero-order chi connectivity index (χ0) is 24.6. The topological polar surface area (TPSA) is 81.0 Å². The van der Waals surface area contributed by atoms with E-state index in [0.717, 1.165) is 52.2 Å². The summed E-state index contributed by atoms with van der Waals surface area (Å²) in [5.74, 6) is 0.803. The van der Waals surface area contributed by atoms with Gasteiger partial charge in [-0.2, -0.15) is 0 Å². The molecule has 2 aromatic heterocycles. The van der Waals surface area contributed by atoms with Crippen LogP contribution in [-0.2, 0) is 22.4 Å². The number of unbranched alkanes of at least 4 members (excludes halogenated alkanes) is 3. The minimum Gasteiger partial charge on any atom is -0.383 e. The molecule has 0 aliphatic rings. The number of likely N-dealkylation sites (N-methyl/N-ethyl adjacent to an activating group) is 1. The minimum absolute atomic E-state index is 0.188. The predicted molar refractivity (Wildman–Crippen MR) is 142 cm³/mol. The molecule has 3 rings (SSSR count). The Morgan fingerprint density at radius 3 is 2.62 bits per heavy atom. The van der Waals surface area contributed by atoms with Crippen LogP contribution < -0.4 is 5.73 Å². The van der Waals surface area contributed by atoms with Gasteiger partial charge < -0.3 is 19.9 Å². The van der Waals surface area contributed by atoms with Crippen molar-refractivity contribution in [3.05, 3.63) is 35.5 Å². The quantitative estimate of drug-likeness (QED) is 0.231. The van der Waals surface area contributed by atoms with Crippen LogP contribution in [-0.4, -0.2) is 60.6 Å². The van der Waals surface area contributed by atoms with E-state index in [2.05, 4.69) is 50.3 Å². The molecule has 0 fully saturated rings. The SMILES string of the molecule is CCCCc1cc2c(N)nc3cc(CCCCC[N+](C)(C)CCOCCC(C)=O)ccc3c2[nH]1. The van der Waals surface area contributed by atoms with Gasteiger partial charge in [-0.3, -0.25) is 4.79 Å². The number of ether oxygens (including phenoxy) is 1. The van der Waals surface area contributed by atoms with Gasteiger partial charge in [0.2, 0.25) is 0 Å². The first-order valence-corrected chi connectivity index (χ1v) is 12.9. The number of nitrogen functional groups attached to an aromatic ring is 1. The average molecular weight is 468 g/mol. The van der Waals surface area contributed by atoms with E-state index in [1.807, 2.05) is 0 Å². The van der Waals surface area contributed by atoms with E-state index in [4.69, 9.17) is 15.5 Å². The Balaban J connectivity index is 1.48. The lowest BCUT2D eigenvalue weighted by Gasteiger charge is -2.29. The van der Waals surface area contributed by atoms with Crippen molar-refractivity contribution >= 4 is 33.4 Å². The number of hydrogen-bond acceptors (Lipinski definition) is 4. The van der Waals surface area contributed by atoms with Crippen molar-refractivity contribution in [1.82, 2.24) is 9.97 Å². The molecule has 1 aromatic carbocycles. The molecule has 0 amide bonds. The molecule has 3 aromatic rings. The summed E-state index contributed by atoms with van der Waals surface area (Å²) in [5, 5.41) is 2.19. The van der Waals surface area contributed by atoms with Gasteiger partial charge in [0.15, 0.2) is 0 Å². The molecule has 0 bridgehead atoms. The van der Waals surface area contributed by atoms with Crippen molar-refractivity contribution in [2.75, 3.05) is 46.1 Å². The van der Waals surface area contributed by atoms with Crippen LogP contribution in [0.15, 0.2) is 24.3 Å². The molecule has 6 nitrogen and oxygen atoms in total. The molecule has 0 saturated carbocycles. The number of anilines is 1. The molecule has 6 heteroatoms. The molecule has 0 aliphatic heterocycles. The summed E-state index contributed by atoms with van der Waals surface area (Å²) >= 11 is 0. The van der Waals surface area contributed by atoms with Crippen LogP contribution in [0.25, 0.3) is 21.8 Å². The molecule has 0 unspecified atom stereocenters. The maximum atomic E-state index is 11.0. The highest BCUT2D eigenvalue weighted by Crippen LogP contribution is 2.29. The number of Topliss-reactive ketones (excluding diaryl/α,β-unsaturated/α-hetero) is 1. The predicted octanol–water partition coefficient (Wildman–Crippen LogP) is 5.43. The van der Waals surface area contributed by atoms with E-state index >= 15 is 0 Å². The third kappa shape index (κ3) is 7.54. The summed E-state index contributed by atoms with van der Waals surface area (Å²) in [6, 6.07) is 8.81. The normalized spacial score (nSPS) is 12.1. The standard InChI is InChI=1S/C28H43N4O2/c1-5-6-11-23-20-25-27(30-23)24-13-12-22(19-26(24)31-28(25)29)10-8-7-9-15-32(3,4)16-18-34-17-14-21(2)33/h12-13,19-20,30H,5-11,14-18H2,1-4H3,(H2,29,31)/q+1. The van der Waals surface area contributed by atoms with E-state index in [9.17, 15) is 4.79 Å². The van der Waals surface area contributed by atoms with Gasteiger partial charge in [0.1, 0.15) is 18.1 Å². The molecule has 0 spiro atoms. The number of aromatic amines is 1. The number of rotatable bonds is 15. The van der Waals surface area contributed by atoms with E-state index in [0.29, 0.717) is 25.5 Å². The number of quaternary nitrogens is 1. The number of pyridine rings is 1. The molecule has 0 saturated heterocycles. The number of hydrogen-bond donors (Lipinski definition) is 2. The fourth-order valence-corrected chi connectivity index (χ4v) is 4.44. The first-order chi connectivity index (χ1) is 16.3. The van der Waals surface area contributed by atoms with Gasteiger partial charge >= 0.3 is 0 Å². The first-order valence-electron chi connectivity index (χ1n) is 12.9. The Morgan fingerprint density at radius 2 is 1.85 bits per heavy atom.